The van der Waals surface area contributed by atoms with Crippen molar-refractivity contribution in [3.05, 3.63) is 77.5 Å². The Labute approximate surface area is 153 Å². The molecule has 0 amide bonds. The van der Waals surface area contributed by atoms with E-state index in [2.05, 4.69) is 26.6 Å². The molecular formula is C22H22FN3. The van der Waals surface area contributed by atoms with E-state index in [9.17, 15) is 4.39 Å². The first kappa shape index (κ1) is 16.8. The Morgan fingerprint density at radius 3 is 2.54 bits per heavy atom. The van der Waals surface area contributed by atoms with Gasteiger partial charge in [-0.2, -0.15) is 0 Å². The fourth-order valence-electron chi connectivity index (χ4n) is 3.88. The first-order valence-electron chi connectivity index (χ1n) is 9.18. The lowest BCUT2D eigenvalue weighted by atomic mass is 10.0. The van der Waals surface area contributed by atoms with Gasteiger partial charge in [-0.3, -0.25) is 0 Å². The lowest BCUT2D eigenvalue weighted by molar-refractivity contribution is 0.190. The maximum Gasteiger partial charge on any atom is 0.189 e. The standard InChI is InChI=1S/C22H22FN3/c1-24-20-7-4-18-9-15-26(22(18)16-20)21-10-13-25(14-11-21)12-8-17-2-5-19(23)6-3-17/h2-7,9,15-16,21H,8,10-14H2. The van der Waals surface area contributed by atoms with Crippen molar-refractivity contribution in [3.63, 3.8) is 0 Å². The van der Waals surface area contributed by atoms with Crippen molar-refractivity contribution < 1.29 is 4.39 Å². The first-order chi connectivity index (χ1) is 12.7. The van der Waals surface area contributed by atoms with Gasteiger partial charge in [-0.15, -0.1) is 0 Å². The van der Waals surface area contributed by atoms with Crippen LogP contribution in [0.15, 0.2) is 54.7 Å². The minimum Gasteiger partial charge on any atom is -0.345 e. The number of likely N-dealkylation sites (tertiary alicyclic amines) is 1. The molecule has 0 N–H and O–H groups in total. The minimum atomic E-state index is -0.171. The second-order valence-corrected chi connectivity index (χ2v) is 7.03. The maximum atomic E-state index is 13.0. The summed E-state index contributed by atoms with van der Waals surface area (Å²) in [6, 6.07) is 15.4. The van der Waals surface area contributed by atoms with Crippen LogP contribution in [0.1, 0.15) is 24.4 Å². The van der Waals surface area contributed by atoms with E-state index in [0.29, 0.717) is 11.7 Å². The number of piperidine rings is 1. The molecule has 1 aliphatic rings. The number of fused-ring (bicyclic) bond motifs is 1. The molecule has 0 bridgehead atoms. The molecule has 26 heavy (non-hydrogen) atoms. The summed E-state index contributed by atoms with van der Waals surface area (Å²) in [7, 11) is 0. The van der Waals surface area contributed by atoms with Gasteiger partial charge in [0, 0.05) is 37.4 Å². The molecule has 3 nitrogen and oxygen atoms in total. The van der Waals surface area contributed by atoms with Crippen LogP contribution in [-0.2, 0) is 6.42 Å². The summed E-state index contributed by atoms with van der Waals surface area (Å²) in [5.74, 6) is -0.171. The number of hydrogen-bond donors (Lipinski definition) is 0. The molecule has 4 rings (SSSR count). The van der Waals surface area contributed by atoms with Crippen LogP contribution >= 0.6 is 0 Å². The largest absolute Gasteiger partial charge is 0.345 e. The van der Waals surface area contributed by atoms with Crippen molar-refractivity contribution in [2.24, 2.45) is 0 Å². The molecule has 0 unspecified atom stereocenters. The molecule has 1 fully saturated rings. The van der Waals surface area contributed by atoms with Crippen molar-refractivity contribution in [2.75, 3.05) is 19.6 Å². The van der Waals surface area contributed by atoms with Crippen LogP contribution in [0.2, 0.25) is 0 Å². The molecule has 0 aliphatic carbocycles. The lowest BCUT2D eigenvalue weighted by Gasteiger charge is -2.33. The maximum absolute atomic E-state index is 13.0. The average Bonchev–Trinajstić information content (AvgIpc) is 3.11. The normalized spacial score (nSPS) is 16.0. The van der Waals surface area contributed by atoms with Crippen LogP contribution < -0.4 is 0 Å². The zero-order valence-corrected chi connectivity index (χ0v) is 14.7. The molecule has 1 aliphatic heterocycles. The quantitative estimate of drug-likeness (QED) is 0.590. The Morgan fingerprint density at radius 2 is 1.81 bits per heavy atom. The van der Waals surface area contributed by atoms with E-state index >= 15 is 0 Å². The third-order valence-electron chi connectivity index (χ3n) is 5.42. The van der Waals surface area contributed by atoms with Crippen molar-refractivity contribution in [1.29, 1.82) is 0 Å². The summed E-state index contributed by atoms with van der Waals surface area (Å²) in [6.45, 7) is 10.4. The van der Waals surface area contributed by atoms with Gasteiger partial charge in [-0.1, -0.05) is 24.3 Å². The minimum absolute atomic E-state index is 0.171. The van der Waals surface area contributed by atoms with E-state index in [0.717, 1.165) is 38.9 Å². The number of hydrogen-bond acceptors (Lipinski definition) is 1. The highest BCUT2D eigenvalue weighted by atomic mass is 19.1. The Kier molecular flexibility index (Phi) is 4.73. The molecule has 0 atom stereocenters. The second kappa shape index (κ2) is 7.31. The highest BCUT2D eigenvalue weighted by Gasteiger charge is 2.21. The van der Waals surface area contributed by atoms with Crippen LogP contribution in [0.3, 0.4) is 0 Å². The van der Waals surface area contributed by atoms with Gasteiger partial charge < -0.3 is 9.47 Å². The van der Waals surface area contributed by atoms with Crippen LogP contribution in [0.4, 0.5) is 10.1 Å². The fraction of sp³-hybridized carbons (Fsp3) is 0.318. The number of benzene rings is 2. The van der Waals surface area contributed by atoms with Crippen molar-refractivity contribution >= 4 is 16.6 Å². The number of rotatable bonds is 4. The Bertz CT molecular complexity index is 928. The smallest absolute Gasteiger partial charge is 0.189 e. The van der Waals surface area contributed by atoms with E-state index in [1.54, 1.807) is 0 Å². The van der Waals surface area contributed by atoms with E-state index < -0.39 is 0 Å². The van der Waals surface area contributed by atoms with Gasteiger partial charge in [0.25, 0.3) is 0 Å². The highest BCUT2D eigenvalue weighted by Crippen LogP contribution is 2.30. The predicted molar refractivity (Wildman–Crippen MR) is 103 cm³/mol. The van der Waals surface area contributed by atoms with Crippen molar-refractivity contribution in [3.8, 4) is 0 Å². The van der Waals surface area contributed by atoms with Gasteiger partial charge in [0.1, 0.15) is 5.82 Å². The molecule has 0 saturated carbocycles. The van der Waals surface area contributed by atoms with Crippen molar-refractivity contribution in [1.82, 2.24) is 9.47 Å². The third-order valence-corrected chi connectivity index (χ3v) is 5.42. The Hall–Kier alpha value is -2.64. The second-order valence-electron chi connectivity index (χ2n) is 7.03. The summed E-state index contributed by atoms with van der Waals surface area (Å²) in [5.41, 5.74) is 3.06. The predicted octanol–water partition coefficient (Wildman–Crippen LogP) is 5.21. The highest BCUT2D eigenvalue weighted by molar-refractivity contribution is 5.84. The molecule has 1 saturated heterocycles. The van der Waals surface area contributed by atoms with Gasteiger partial charge in [0.05, 0.1) is 6.57 Å². The summed E-state index contributed by atoms with van der Waals surface area (Å²) < 4.78 is 15.3. The lowest BCUT2D eigenvalue weighted by Crippen LogP contribution is -2.35. The SMILES string of the molecule is [C-]#[N+]c1ccc2ccn(C3CCN(CCc4ccc(F)cc4)CC3)c2c1. The van der Waals surface area contributed by atoms with Gasteiger partial charge >= 0.3 is 0 Å². The molecule has 3 aromatic rings. The fourth-order valence-corrected chi connectivity index (χ4v) is 3.88. The molecular weight excluding hydrogens is 325 g/mol. The van der Waals surface area contributed by atoms with E-state index in [-0.39, 0.29) is 5.82 Å². The summed E-state index contributed by atoms with van der Waals surface area (Å²) in [4.78, 5) is 6.06. The number of aromatic nitrogens is 1. The van der Waals surface area contributed by atoms with Crippen LogP contribution in [-0.4, -0.2) is 29.1 Å². The van der Waals surface area contributed by atoms with Gasteiger partial charge in [0.2, 0.25) is 0 Å². The molecule has 132 valence electrons. The summed E-state index contributed by atoms with van der Waals surface area (Å²) >= 11 is 0. The van der Waals surface area contributed by atoms with Crippen molar-refractivity contribution in [2.45, 2.75) is 25.3 Å². The summed E-state index contributed by atoms with van der Waals surface area (Å²) in [6.07, 6.45) is 5.37. The van der Waals surface area contributed by atoms with Crippen LogP contribution in [0.25, 0.3) is 15.7 Å². The molecule has 2 aromatic carbocycles. The Morgan fingerprint density at radius 1 is 1.04 bits per heavy atom. The van der Waals surface area contributed by atoms with Crippen LogP contribution in [0, 0.1) is 12.4 Å². The van der Waals surface area contributed by atoms with E-state index in [1.807, 2.05) is 30.3 Å². The zero-order valence-electron chi connectivity index (χ0n) is 14.7. The van der Waals surface area contributed by atoms with Gasteiger partial charge in [-0.25, -0.2) is 9.24 Å². The summed E-state index contributed by atoms with van der Waals surface area (Å²) in [5, 5.41) is 1.20. The molecule has 2 heterocycles. The average molecular weight is 347 g/mol. The molecule has 0 radical (unpaired) electrons. The first-order valence-corrected chi connectivity index (χ1v) is 9.18. The molecule has 4 heteroatoms. The van der Waals surface area contributed by atoms with E-state index in [1.165, 1.54) is 28.6 Å². The third kappa shape index (κ3) is 3.49. The molecule has 0 spiro atoms. The monoisotopic (exact) mass is 347 g/mol. The zero-order chi connectivity index (χ0) is 17.9. The Balaban J connectivity index is 1.38. The van der Waals surface area contributed by atoms with Gasteiger partial charge in [0.15, 0.2) is 5.69 Å². The topological polar surface area (TPSA) is 12.5 Å². The van der Waals surface area contributed by atoms with E-state index in [4.69, 9.17) is 6.57 Å². The number of nitrogens with zero attached hydrogens (tertiary/aromatic N) is 3. The van der Waals surface area contributed by atoms with Gasteiger partial charge in [-0.05, 0) is 54.5 Å². The number of halogens is 1. The molecule has 1 aromatic heterocycles. The van der Waals surface area contributed by atoms with Crippen LogP contribution in [0.5, 0.6) is 0 Å².